The fourth-order valence-corrected chi connectivity index (χ4v) is 1.96. The van der Waals surface area contributed by atoms with Crippen LogP contribution in [-0.4, -0.2) is 11.4 Å². The molecule has 0 unspecified atom stereocenters. The van der Waals surface area contributed by atoms with Crippen LogP contribution in [0.15, 0.2) is 24.3 Å². The van der Waals surface area contributed by atoms with Gasteiger partial charge in [0.05, 0.1) is 0 Å². The summed E-state index contributed by atoms with van der Waals surface area (Å²) in [5.74, 6) is 0.702. The van der Waals surface area contributed by atoms with Crippen LogP contribution in [0.3, 0.4) is 0 Å². The van der Waals surface area contributed by atoms with Gasteiger partial charge in [-0.05, 0) is 32.8 Å². The summed E-state index contributed by atoms with van der Waals surface area (Å²) in [6, 6.07) is 8.58. The fraction of sp³-hybridized carbons (Fsp3) is 0.538. The molecular weight excluding hydrogens is 206 g/mol. The number of halogens is 1. The van der Waals surface area contributed by atoms with Gasteiger partial charge in [0.25, 0.3) is 0 Å². The summed E-state index contributed by atoms with van der Waals surface area (Å²) in [4.78, 5) is 0. The van der Waals surface area contributed by atoms with Crippen molar-refractivity contribution in [1.82, 2.24) is 5.32 Å². The highest BCUT2D eigenvalue weighted by Crippen LogP contribution is 2.11. The van der Waals surface area contributed by atoms with Crippen LogP contribution in [0, 0.1) is 6.92 Å². The molecule has 0 saturated heterocycles. The average Bonchev–Trinajstić information content (AvgIpc) is 2.15. The third-order valence-electron chi connectivity index (χ3n) is 2.57. The molecule has 0 aliphatic rings. The Morgan fingerprint density at radius 2 is 2.07 bits per heavy atom. The number of aryl methyl sites for hydroxylation is 1. The van der Waals surface area contributed by atoms with Gasteiger partial charge in [0.15, 0.2) is 0 Å². The predicted octanol–water partition coefficient (Wildman–Crippen LogP) is 3.49. The molecule has 1 aromatic carbocycles. The maximum Gasteiger partial charge on any atom is 0.0240 e. The topological polar surface area (TPSA) is 12.0 Å². The Bertz CT molecular complexity index is 307. The number of hydrogen-bond acceptors (Lipinski definition) is 1. The molecule has 15 heavy (non-hydrogen) atoms. The summed E-state index contributed by atoms with van der Waals surface area (Å²) in [7, 11) is 0. The first-order valence-electron chi connectivity index (χ1n) is 5.40. The lowest BCUT2D eigenvalue weighted by atomic mass is 10.0. The van der Waals surface area contributed by atoms with E-state index in [2.05, 4.69) is 50.4 Å². The third kappa shape index (κ3) is 4.67. The highest BCUT2D eigenvalue weighted by Gasteiger charge is 2.15. The number of nitrogens with one attached hydrogen (secondary N) is 1. The van der Waals surface area contributed by atoms with Crippen molar-refractivity contribution >= 4 is 11.6 Å². The quantitative estimate of drug-likeness (QED) is 0.757. The number of rotatable bonds is 5. The summed E-state index contributed by atoms with van der Waals surface area (Å²) < 4.78 is 0. The van der Waals surface area contributed by atoms with E-state index in [0.29, 0.717) is 5.88 Å². The minimum atomic E-state index is 0.117. The predicted molar refractivity (Wildman–Crippen MR) is 67.4 cm³/mol. The number of hydrogen-bond donors (Lipinski definition) is 1. The van der Waals surface area contributed by atoms with E-state index >= 15 is 0 Å². The zero-order valence-electron chi connectivity index (χ0n) is 9.81. The second-order valence-corrected chi connectivity index (χ2v) is 5.04. The van der Waals surface area contributed by atoms with Gasteiger partial charge < -0.3 is 5.32 Å². The minimum absolute atomic E-state index is 0.117. The second-order valence-electron chi connectivity index (χ2n) is 4.67. The minimum Gasteiger partial charge on any atom is -0.308 e. The molecule has 84 valence electrons. The number of benzene rings is 1. The Morgan fingerprint density at radius 3 is 2.67 bits per heavy atom. The maximum atomic E-state index is 5.75. The molecule has 1 aromatic rings. The summed E-state index contributed by atoms with van der Waals surface area (Å²) in [5.41, 5.74) is 2.76. The van der Waals surface area contributed by atoms with E-state index in [1.54, 1.807) is 0 Å². The van der Waals surface area contributed by atoms with E-state index in [4.69, 9.17) is 11.6 Å². The molecule has 0 atom stereocenters. The van der Waals surface area contributed by atoms with Gasteiger partial charge in [-0.3, -0.25) is 0 Å². The maximum absolute atomic E-state index is 5.75. The van der Waals surface area contributed by atoms with E-state index < -0.39 is 0 Å². The highest BCUT2D eigenvalue weighted by atomic mass is 35.5. The standard InChI is InChI=1S/C13H20ClN/c1-11-5-4-6-12(9-11)10-15-13(2,3)7-8-14/h4-6,9,15H,7-8,10H2,1-3H3. The number of alkyl halides is 1. The van der Waals surface area contributed by atoms with Crippen LogP contribution in [0.5, 0.6) is 0 Å². The second kappa shape index (κ2) is 5.53. The van der Waals surface area contributed by atoms with Crippen LogP contribution in [0.2, 0.25) is 0 Å². The Kier molecular flexibility index (Phi) is 4.62. The van der Waals surface area contributed by atoms with E-state index in [1.807, 2.05) is 0 Å². The Balaban J connectivity index is 2.49. The lowest BCUT2D eigenvalue weighted by molar-refractivity contribution is 0.376. The summed E-state index contributed by atoms with van der Waals surface area (Å²) in [6.45, 7) is 7.40. The Hall–Kier alpha value is -0.530. The monoisotopic (exact) mass is 225 g/mol. The van der Waals surface area contributed by atoms with Gasteiger partial charge in [-0.1, -0.05) is 29.8 Å². The van der Waals surface area contributed by atoms with Crippen molar-refractivity contribution in [2.45, 2.75) is 39.3 Å². The molecule has 0 heterocycles. The molecule has 2 heteroatoms. The van der Waals surface area contributed by atoms with Crippen molar-refractivity contribution in [2.24, 2.45) is 0 Å². The largest absolute Gasteiger partial charge is 0.308 e. The zero-order chi connectivity index (χ0) is 11.3. The molecule has 0 saturated carbocycles. The lowest BCUT2D eigenvalue weighted by Crippen LogP contribution is -2.39. The molecule has 0 bridgehead atoms. The van der Waals surface area contributed by atoms with Crippen LogP contribution >= 0.6 is 11.6 Å². The van der Waals surface area contributed by atoms with Crippen LogP contribution < -0.4 is 5.32 Å². The molecule has 0 amide bonds. The van der Waals surface area contributed by atoms with Crippen LogP contribution in [0.4, 0.5) is 0 Å². The molecule has 1 N–H and O–H groups in total. The van der Waals surface area contributed by atoms with Crippen molar-refractivity contribution in [3.05, 3.63) is 35.4 Å². The van der Waals surface area contributed by atoms with E-state index in [1.165, 1.54) is 11.1 Å². The Morgan fingerprint density at radius 1 is 1.33 bits per heavy atom. The average molecular weight is 226 g/mol. The van der Waals surface area contributed by atoms with E-state index in [0.717, 1.165) is 13.0 Å². The molecule has 0 radical (unpaired) electrons. The summed E-state index contributed by atoms with van der Waals surface area (Å²) in [6.07, 6.45) is 0.986. The lowest BCUT2D eigenvalue weighted by Gasteiger charge is -2.25. The Labute approximate surface area is 97.8 Å². The smallest absolute Gasteiger partial charge is 0.0240 e. The first kappa shape index (κ1) is 12.5. The zero-order valence-corrected chi connectivity index (χ0v) is 10.6. The molecule has 0 aliphatic carbocycles. The van der Waals surface area contributed by atoms with Crippen molar-refractivity contribution in [2.75, 3.05) is 5.88 Å². The van der Waals surface area contributed by atoms with Crippen LogP contribution in [0.25, 0.3) is 0 Å². The summed E-state index contributed by atoms with van der Waals surface area (Å²) in [5, 5.41) is 3.52. The van der Waals surface area contributed by atoms with Crippen molar-refractivity contribution < 1.29 is 0 Å². The van der Waals surface area contributed by atoms with Gasteiger partial charge >= 0.3 is 0 Å². The van der Waals surface area contributed by atoms with E-state index in [9.17, 15) is 0 Å². The molecule has 0 fully saturated rings. The van der Waals surface area contributed by atoms with Gasteiger partial charge in [-0.25, -0.2) is 0 Å². The van der Waals surface area contributed by atoms with Gasteiger partial charge in [0, 0.05) is 18.0 Å². The molecular formula is C13H20ClN. The first-order chi connectivity index (χ1) is 7.03. The molecule has 1 rings (SSSR count). The van der Waals surface area contributed by atoms with Gasteiger partial charge in [-0.2, -0.15) is 0 Å². The third-order valence-corrected chi connectivity index (χ3v) is 2.76. The van der Waals surface area contributed by atoms with Crippen LogP contribution in [-0.2, 0) is 6.54 Å². The molecule has 0 aromatic heterocycles. The van der Waals surface area contributed by atoms with Crippen LogP contribution in [0.1, 0.15) is 31.4 Å². The summed E-state index contributed by atoms with van der Waals surface area (Å²) >= 11 is 5.75. The fourth-order valence-electron chi connectivity index (χ4n) is 1.49. The van der Waals surface area contributed by atoms with Gasteiger partial charge in [0.1, 0.15) is 0 Å². The normalized spacial score (nSPS) is 11.7. The van der Waals surface area contributed by atoms with Gasteiger partial charge in [0.2, 0.25) is 0 Å². The highest BCUT2D eigenvalue weighted by molar-refractivity contribution is 6.17. The molecule has 1 nitrogen and oxygen atoms in total. The van der Waals surface area contributed by atoms with Crippen molar-refractivity contribution in [3.63, 3.8) is 0 Å². The molecule has 0 spiro atoms. The van der Waals surface area contributed by atoms with Crippen molar-refractivity contribution in [3.8, 4) is 0 Å². The van der Waals surface area contributed by atoms with Crippen molar-refractivity contribution in [1.29, 1.82) is 0 Å². The first-order valence-corrected chi connectivity index (χ1v) is 5.93. The van der Waals surface area contributed by atoms with E-state index in [-0.39, 0.29) is 5.54 Å². The van der Waals surface area contributed by atoms with Gasteiger partial charge in [-0.15, -0.1) is 11.6 Å². The molecule has 0 aliphatic heterocycles. The SMILES string of the molecule is Cc1cccc(CNC(C)(C)CCCl)c1.